The summed E-state index contributed by atoms with van der Waals surface area (Å²) in [5.41, 5.74) is 0.791. The Balaban J connectivity index is 1.78. The predicted molar refractivity (Wildman–Crippen MR) is 98.6 cm³/mol. The van der Waals surface area contributed by atoms with Crippen LogP contribution in [0, 0.1) is 0 Å². The van der Waals surface area contributed by atoms with Crippen LogP contribution in [0.2, 0.25) is 0 Å². The number of benzene rings is 2. The van der Waals surface area contributed by atoms with Gasteiger partial charge in [-0.25, -0.2) is 0 Å². The molecule has 3 aromatic rings. The van der Waals surface area contributed by atoms with Gasteiger partial charge in [0.15, 0.2) is 0 Å². The minimum absolute atomic E-state index is 0.463. The zero-order chi connectivity index (χ0) is 18.2. The predicted octanol–water partition coefficient (Wildman–Crippen LogP) is 4.87. The Labute approximate surface area is 153 Å². The van der Waals surface area contributed by atoms with Gasteiger partial charge in [0.25, 0.3) is 0 Å². The Hall–Kier alpha value is -2.40. The van der Waals surface area contributed by atoms with Gasteiger partial charge in [-0.1, -0.05) is 60.7 Å². The molecule has 0 spiro atoms. The average molecular weight is 349 g/mol. The molecule has 1 N–H and O–H groups in total. The van der Waals surface area contributed by atoms with Crippen molar-refractivity contribution in [2.24, 2.45) is 0 Å². The van der Waals surface area contributed by atoms with Crippen molar-refractivity contribution in [3.63, 3.8) is 0 Å². The number of nitrogens with zero attached hydrogens (tertiary/aromatic N) is 1. The summed E-state index contributed by atoms with van der Waals surface area (Å²) in [6, 6.07) is 23.3. The molecule has 2 atom stereocenters. The highest BCUT2D eigenvalue weighted by molar-refractivity contribution is 5.33. The van der Waals surface area contributed by atoms with Crippen molar-refractivity contribution < 1.29 is 14.4 Å². The van der Waals surface area contributed by atoms with Crippen molar-refractivity contribution in [1.82, 2.24) is 5.06 Å². The molecular weight excluding hydrogens is 326 g/mol. The van der Waals surface area contributed by atoms with E-state index in [1.54, 1.807) is 6.26 Å². The van der Waals surface area contributed by atoms with Crippen molar-refractivity contribution in [1.29, 1.82) is 0 Å². The molecule has 1 aliphatic rings. The fraction of sp³-hybridized carbons (Fsp3) is 0.273. The van der Waals surface area contributed by atoms with E-state index in [-0.39, 0.29) is 0 Å². The molecule has 26 heavy (non-hydrogen) atoms. The average Bonchev–Trinajstić information content (AvgIpc) is 3.30. The third-order valence-electron chi connectivity index (χ3n) is 5.27. The van der Waals surface area contributed by atoms with Crippen LogP contribution in [0.25, 0.3) is 0 Å². The van der Waals surface area contributed by atoms with Gasteiger partial charge in [-0.2, -0.15) is 5.06 Å². The first-order chi connectivity index (χ1) is 12.6. The smallest absolute Gasteiger partial charge is 0.141 e. The molecule has 0 bridgehead atoms. The van der Waals surface area contributed by atoms with Crippen molar-refractivity contribution in [3.8, 4) is 0 Å². The van der Waals surface area contributed by atoms with Crippen LogP contribution in [0.5, 0.6) is 0 Å². The number of hydroxylamine groups is 2. The second-order valence-electron chi connectivity index (χ2n) is 7.23. The van der Waals surface area contributed by atoms with E-state index in [2.05, 4.69) is 0 Å². The van der Waals surface area contributed by atoms with Gasteiger partial charge >= 0.3 is 0 Å². The summed E-state index contributed by atoms with van der Waals surface area (Å²) >= 11 is 0. The molecule has 0 radical (unpaired) electrons. The van der Waals surface area contributed by atoms with Gasteiger partial charge in [0, 0.05) is 0 Å². The van der Waals surface area contributed by atoms with E-state index in [0.29, 0.717) is 12.4 Å². The molecule has 4 rings (SSSR count). The number of hydrogen-bond donors (Lipinski definition) is 1. The second-order valence-corrected chi connectivity index (χ2v) is 7.23. The Bertz CT molecular complexity index is 840. The summed E-state index contributed by atoms with van der Waals surface area (Å²) in [4.78, 5) is 0. The molecule has 0 amide bonds. The number of furan rings is 1. The Morgan fingerprint density at radius 1 is 0.962 bits per heavy atom. The molecular formula is C22H23NO3. The van der Waals surface area contributed by atoms with E-state index in [1.165, 1.54) is 5.06 Å². The van der Waals surface area contributed by atoms with E-state index in [4.69, 9.17) is 9.15 Å². The van der Waals surface area contributed by atoms with Crippen LogP contribution >= 0.6 is 0 Å². The molecule has 0 saturated carbocycles. The minimum atomic E-state index is -0.632. The molecule has 1 saturated heterocycles. The zero-order valence-corrected chi connectivity index (χ0v) is 15.0. The maximum absolute atomic E-state index is 11.4. The molecule has 1 aliphatic heterocycles. The van der Waals surface area contributed by atoms with Crippen LogP contribution in [0.4, 0.5) is 0 Å². The first-order valence-electron chi connectivity index (χ1n) is 8.82. The summed E-state index contributed by atoms with van der Waals surface area (Å²) in [5, 5.41) is 12.8. The summed E-state index contributed by atoms with van der Waals surface area (Å²) in [6.45, 7) is 4.53. The Morgan fingerprint density at radius 3 is 2.12 bits per heavy atom. The van der Waals surface area contributed by atoms with Crippen molar-refractivity contribution in [2.45, 2.75) is 31.0 Å². The molecule has 0 unspecified atom stereocenters. The quantitative estimate of drug-likeness (QED) is 0.509. The summed E-state index contributed by atoms with van der Waals surface area (Å²) in [6.07, 6.45) is 1.63. The topological polar surface area (TPSA) is 49.1 Å². The lowest BCUT2D eigenvalue weighted by atomic mass is 9.85. The summed E-state index contributed by atoms with van der Waals surface area (Å²) < 4.78 is 11.7. The van der Waals surface area contributed by atoms with Crippen molar-refractivity contribution in [2.75, 3.05) is 6.61 Å². The molecule has 134 valence electrons. The van der Waals surface area contributed by atoms with E-state index < -0.39 is 17.2 Å². The standard InChI is InChI=1S/C22H23NO3/c1-21(2,17-10-5-3-6-11-17)23(24)20(19-14-9-15-25-19)22(16-26-22)18-12-7-4-8-13-18/h3-15,20,24H,16H2,1-2H3/t20-,22-/m1/s1. The molecule has 4 nitrogen and oxygen atoms in total. The van der Waals surface area contributed by atoms with E-state index in [0.717, 1.165) is 11.1 Å². The monoisotopic (exact) mass is 349 g/mol. The fourth-order valence-electron chi connectivity index (χ4n) is 3.58. The van der Waals surface area contributed by atoms with Gasteiger partial charge in [0.1, 0.15) is 17.4 Å². The van der Waals surface area contributed by atoms with Crippen LogP contribution < -0.4 is 0 Å². The van der Waals surface area contributed by atoms with Crippen molar-refractivity contribution >= 4 is 0 Å². The molecule has 4 heteroatoms. The summed E-state index contributed by atoms with van der Waals surface area (Å²) in [5.74, 6) is 0.679. The van der Waals surface area contributed by atoms with E-state index in [9.17, 15) is 5.21 Å². The highest BCUT2D eigenvalue weighted by Gasteiger charge is 2.59. The summed E-state index contributed by atoms with van der Waals surface area (Å²) in [7, 11) is 0. The van der Waals surface area contributed by atoms with Gasteiger partial charge in [-0.05, 0) is 37.1 Å². The van der Waals surface area contributed by atoms with E-state index >= 15 is 0 Å². The number of epoxide rings is 1. The normalized spacial score (nSPS) is 20.9. The SMILES string of the molecule is CC(C)(c1ccccc1)N(O)[C@H](c1ccco1)[C@]1(c2ccccc2)CO1. The largest absolute Gasteiger partial charge is 0.467 e. The number of ether oxygens (including phenoxy) is 1. The first-order valence-corrected chi connectivity index (χ1v) is 8.82. The fourth-order valence-corrected chi connectivity index (χ4v) is 3.58. The maximum Gasteiger partial charge on any atom is 0.141 e. The minimum Gasteiger partial charge on any atom is -0.467 e. The molecule has 2 aromatic carbocycles. The molecule has 1 fully saturated rings. The third-order valence-corrected chi connectivity index (χ3v) is 5.27. The highest BCUT2D eigenvalue weighted by Crippen LogP contribution is 2.53. The Morgan fingerprint density at radius 2 is 1.58 bits per heavy atom. The molecule has 0 aliphatic carbocycles. The molecule has 1 aromatic heterocycles. The van der Waals surface area contributed by atoms with Gasteiger partial charge in [0.2, 0.25) is 0 Å². The van der Waals surface area contributed by atoms with Crippen LogP contribution in [0.1, 0.15) is 36.8 Å². The maximum atomic E-state index is 11.4. The first kappa shape index (κ1) is 17.0. The van der Waals surface area contributed by atoms with Gasteiger partial charge in [0.05, 0.1) is 18.4 Å². The lowest BCUT2D eigenvalue weighted by Gasteiger charge is -2.41. The van der Waals surface area contributed by atoms with Crippen molar-refractivity contribution in [3.05, 3.63) is 95.9 Å². The van der Waals surface area contributed by atoms with E-state index in [1.807, 2.05) is 86.6 Å². The Kier molecular flexibility index (Phi) is 4.19. The van der Waals surface area contributed by atoms with Gasteiger partial charge < -0.3 is 14.4 Å². The van der Waals surface area contributed by atoms with Crippen LogP contribution in [0.3, 0.4) is 0 Å². The van der Waals surface area contributed by atoms with Crippen LogP contribution in [-0.2, 0) is 15.9 Å². The number of rotatable bonds is 6. The van der Waals surface area contributed by atoms with Crippen LogP contribution in [0.15, 0.2) is 83.5 Å². The number of hydrogen-bond acceptors (Lipinski definition) is 4. The van der Waals surface area contributed by atoms with Crippen LogP contribution in [-0.4, -0.2) is 16.9 Å². The molecule has 2 heterocycles. The third kappa shape index (κ3) is 2.76. The highest BCUT2D eigenvalue weighted by atomic mass is 16.6. The zero-order valence-electron chi connectivity index (χ0n) is 15.0. The lowest BCUT2D eigenvalue weighted by Crippen LogP contribution is -2.46. The lowest BCUT2D eigenvalue weighted by molar-refractivity contribution is -0.219. The van der Waals surface area contributed by atoms with Gasteiger partial charge in [-0.15, -0.1) is 0 Å². The second kappa shape index (κ2) is 6.40. The van der Waals surface area contributed by atoms with Gasteiger partial charge in [-0.3, -0.25) is 0 Å².